The molecule has 0 fully saturated rings. The van der Waals surface area contributed by atoms with Crippen molar-refractivity contribution in [2.24, 2.45) is 0 Å². The SMILES string of the molecule is CCCCCCCCCCCCCCCCNC(=S)NC(=O)c1ccco1. The van der Waals surface area contributed by atoms with Gasteiger partial charge in [-0.3, -0.25) is 10.1 Å². The highest BCUT2D eigenvalue weighted by Crippen LogP contribution is 2.12. The zero-order valence-electron chi connectivity index (χ0n) is 17.1. The Morgan fingerprint density at radius 2 is 1.41 bits per heavy atom. The third kappa shape index (κ3) is 13.5. The molecule has 1 aromatic rings. The fraction of sp³-hybridized carbons (Fsp3) is 0.727. The lowest BCUT2D eigenvalue weighted by molar-refractivity contribution is 0.0949. The van der Waals surface area contributed by atoms with Crippen LogP contribution in [-0.2, 0) is 0 Å². The van der Waals surface area contributed by atoms with Gasteiger partial charge in [0, 0.05) is 6.54 Å². The number of furan rings is 1. The Morgan fingerprint density at radius 3 is 1.89 bits per heavy atom. The van der Waals surface area contributed by atoms with Crippen LogP contribution in [0.15, 0.2) is 22.8 Å². The van der Waals surface area contributed by atoms with Crippen molar-refractivity contribution in [1.29, 1.82) is 0 Å². The van der Waals surface area contributed by atoms with Crippen LogP contribution < -0.4 is 10.6 Å². The highest BCUT2D eigenvalue weighted by molar-refractivity contribution is 7.80. The van der Waals surface area contributed by atoms with Crippen molar-refractivity contribution < 1.29 is 9.21 Å². The Labute approximate surface area is 170 Å². The summed E-state index contributed by atoms with van der Waals surface area (Å²) in [5.41, 5.74) is 0. The summed E-state index contributed by atoms with van der Waals surface area (Å²) in [4.78, 5) is 11.7. The van der Waals surface area contributed by atoms with Gasteiger partial charge in [0.05, 0.1) is 6.26 Å². The van der Waals surface area contributed by atoms with Crippen LogP contribution >= 0.6 is 12.2 Å². The number of unbranched alkanes of at least 4 members (excludes halogenated alkanes) is 13. The molecular formula is C22H38N2O2S. The monoisotopic (exact) mass is 394 g/mol. The Morgan fingerprint density at radius 1 is 0.889 bits per heavy atom. The average molecular weight is 395 g/mol. The van der Waals surface area contributed by atoms with Crippen LogP contribution in [0.4, 0.5) is 0 Å². The van der Waals surface area contributed by atoms with Gasteiger partial charge in [-0.1, -0.05) is 90.4 Å². The van der Waals surface area contributed by atoms with Gasteiger partial charge in [-0.15, -0.1) is 0 Å². The van der Waals surface area contributed by atoms with Crippen LogP contribution in [0.3, 0.4) is 0 Å². The van der Waals surface area contributed by atoms with Crippen LogP contribution in [0.1, 0.15) is 107 Å². The molecule has 1 aromatic heterocycles. The van der Waals surface area contributed by atoms with Crippen molar-refractivity contribution in [3.63, 3.8) is 0 Å². The molecule has 1 rings (SSSR count). The fourth-order valence-electron chi connectivity index (χ4n) is 3.14. The van der Waals surface area contributed by atoms with E-state index in [2.05, 4.69) is 17.6 Å². The van der Waals surface area contributed by atoms with Gasteiger partial charge in [0.2, 0.25) is 0 Å². The van der Waals surface area contributed by atoms with E-state index in [1.165, 1.54) is 89.7 Å². The Kier molecular flexibility index (Phi) is 14.7. The number of rotatable bonds is 16. The summed E-state index contributed by atoms with van der Waals surface area (Å²) in [5.74, 6) is -0.0332. The van der Waals surface area contributed by atoms with Crippen LogP contribution in [0.5, 0.6) is 0 Å². The van der Waals surface area contributed by atoms with E-state index in [9.17, 15) is 4.79 Å². The van der Waals surface area contributed by atoms with Crippen molar-refractivity contribution in [2.75, 3.05) is 6.54 Å². The van der Waals surface area contributed by atoms with Gasteiger partial charge in [-0.2, -0.15) is 0 Å². The number of amides is 1. The fourth-order valence-corrected chi connectivity index (χ4v) is 3.33. The van der Waals surface area contributed by atoms with Crippen molar-refractivity contribution >= 4 is 23.2 Å². The lowest BCUT2D eigenvalue weighted by atomic mass is 10.0. The third-order valence-electron chi connectivity index (χ3n) is 4.79. The molecule has 0 radical (unpaired) electrons. The highest BCUT2D eigenvalue weighted by Gasteiger charge is 2.09. The smallest absolute Gasteiger partial charge is 0.293 e. The second-order valence-electron chi connectivity index (χ2n) is 7.28. The maximum absolute atomic E-state index is 11.7. The molecule has 2 N–H and O–H groups in total. The predicted octanol–water partition coefficient (Wildman–Crippen LogP) is 6.37. The summed E-state index contributed by atoms with van der Waals surface area (Å²) in [6, 6.07) is 3.30. The number of hydrogen-bond acceptors (Lipinski definition) is 3. The molecular weight excluding hydrogens is 356 g/mol. The molecule has 0 aromatic carbocycles. The molecule has 154 valence electrons. The number of carbonyl (C=O) groups is 1. The first-order valence-electron chi connectivity index (χ1n) is 10.9. The summed E-state index contributed by atoms with van der Waals surface area (Å²) in [5, 5.41) is 6.06. The number of nitrogens with one attached hydrogen (secondary N) is 2. The molecule has 0 aliphatic carbocycles. The van der Waals surface area contributed by atoms with Gasteiger partial charge < -0.3 is 9.73 Å². The largest absolute Gasteiger partial charge is 0.459 e. The van der Waals surface area contributed by atoms with Crippen LogP contribution in [-0.4, -0.2) is 17.6 Å². The average Bonchev–Trinajstić information content (AvgIpc) is 3.20. The van der Waals surface area contributed by atoms with Crippen LogP contribution in [0.25, 0.3) is 0 Å². The second kappa shape index (κ2) is 16.8. The zero-order chi connectivity index (χ0) is 19.6. The highest BCUT2D eigenvalue weighted by atomic mass is 32.1. The van der Waals surface area contributed by atoms with E-state index in [0.29, 0.717) is 5.11 Å². The molecule has 1 amide bonds. The predicted molar refractivity (Wildman–Crippen MR) is 117 cm³/mol. The van der Waals surface area contributed by atoms with Crippen molar-refractivity contribution in [3.8, 4) is 0 Å². The lowest BCUT2D eigenvalue weighted by Gasteiger charge is -2.08. The van der Waals surface area contributed by atoms with Gasteiger partial charge in [0.25, 0.3) is 5.91 Å². The van der Waals surface area contributed by atoms with Gasteiger partial charge >= 0.3 is 0 Å². The molecule has 5 heteroatoms. The summed E-state index contributed by atoms with van der Waals surface area (Å²) >= 11 is 5.12. The number of carbonyl (C=O) groups excluding carboxylic acids is 1. The van der Waals surface area contributed by atoms with Gasteiger partial charge in [-0.25, -0.2) is 0 Å². The number of thiocarbonyl (C=S) groups is 1. The third-order valence-corrected chi connectivity index (χ3v) is 5.03. The minimum atomic E-state index is -0.307. The maximum atomic E-state index is 11.7. The topological polar surface area (TPSA) is 54.3 Å². The Bertz CT molecular complexity index is 489. The normalized spacial score (nSPS) is 10.7. The lowest BCUT2D eigenvalue weighted by Crippen LogP contribution is -2.39. The summed E-state index contributed by atoms with van der Waals surface area (Å²) in [6.45, 7) is 3.07. The molecule has 0 spiro atoms. The molecule has 0 unspecified atom stereocenters. The first kappa shape index (κ1) is 23.7. The van der Waals surface area contributed by atoms with Gasteiger partial charge in [-0.05, 0) is 30.8 Å². The summed E-state index contributed by atoms with van der Waals surface area (Å²) < 4.78 is 5.03. The second-order valence-corrected chi connectivity index (χ2v) is 7.69. The maximum Gasteiger partial charge on any atom is 0.293 e. The molecule has 0 saturated carbocycles. The van der Waals surface area contributed by atoms with E-state index in [-0.39, 0.29) is 11.7 Å². The number of hydrogen-bond donors (Lipinski definition) is 2. The van der Waals surface area contributed by atoms with E-state index < -0.39 is 0 Å². The van der Waals surface area contributed by atoms with Crippen LogP contribution in [0.2, 0.25) is 0 Å². The molecule has 1 heterocycles. The summed E-state index contributed by atoms with van der Waals surface area (Å²) in [7, 11) is 0. The van der Waals surface area contributed by atoms with E-state index >= 15 is 0 Å². The minimum absolute atomic E-state index is 0.274. The van der Waals surface area contributed by atoms with E-state index in [0.717, 1.165) is 13.0 Å². The van der Waals surface area contributed by atoms with Crippen LogP contribution in [0, 0.1) is 0 Å². The molecule has 0 atom stereocenters. The minimum Gasteiger partial charge on any atom is -0.459 e. The van der Waals surface area contributed by atoms with Crippen molar-refractivity contribution in [1.82, 2.24) is 10.6 Å². The van der Waals surface area contributed by atoms with Crippen molar-refractivity contribution in [2.45, 2.75) is 96.8 Å². The van der Waals surface area contributed by atoms with Gasteiger partial charge in [0.15, 0.2) is 10.9 Å². The first-order chi connectivity index (χ1) is 13.2. The standard InChI is InChI=1S/C22H38N2O2S/c1-2-3-4-5-6-7-8-9-10-11-12-13-14-15-18-23-22(27)24-21(25)20-17-16-19-26-20/h16-17,19H,2-15,18H2,1H3,(H2,23,24,25,27). The Hall–Kier alpha value is -1.36. The van der Waals surface area contributed by atoms with Gasteiger partial charge in [0.1, 0.15) is 0 Å². The van der Waals surface area contributed by atoms with Crippen molar-refractivity contribution in [3.05, 3.63) is 24.2 Å². The zero-order valence-corrected chi connectivity index (χ0v) is 17.9. The first-order valence-corrected chi connectivity index (χ1v) is 11.3. The molecule has 4 nitrogen and oxygen atoms in total. The molecule has 0 aliphatic heterocycles. The molecule has 0 aliphatic rings. The van der Waals surface area contributed by atoms with E-state index in [4.69, 9.17) is 16.6 Å². The quantitative estimate of drug-likeness (QED) is 0.253. The molecule has 0 saturated heterocycles. The van der Waals surface area contributed by atoms with E-state index in [1.807, 2.05) is 0 Å². The molecule has 27 heavy (non-hydrogen) atoms. The Balaban J connectivity index is 1.80. The molecule has 0 bridgehead atoms. The summed E-state index contributed by atoms with van der Waals surface area (Å²) in [6.07, 6.45) is 20.4. The van der Waals surface area contributed by atoms with E-state index in [1.54, 1.807) is 12.1 Å².